The number of fused-ring (bicyclic) bond motifs is 2. The first kappa shape index (κ1) is 7.57. The van der Waals surface area contributed by atoms with Crippen molar-refractivity contribution in [1.82, 2.24) is 4.90 Å². The van der Waals surface area contributed by atoms with Crippen molar-refractivity contribution in [3.05, 3.63) is 35.9 Å². The normalized spacial score (nSPS) is 36.8. The monoisotopic (exact) mass is 173 g/mol. The van der Waals surface area contributed by atoms with Gasteiger partial charge in [-0.2, -0.15) is 0 Å². The number of rotatable bonds is 1. The van der Waals surface area contributed by atoms with Crippen LogP contribution in [0.3, 0.4) is 0 Å². The second-order valence-corrected chi connectivity index (χ2v) is 4.42. The Morgan fingerprint density at radius 3 is 2.23 bits per heavy atom. The smallest absolute Gasteiger partial charge is 0.0105 e. The summed E-state index contributed by atoms with van der Waals surface area (Å²) < 4.78 is 0. The van der Waals surface area contributed by atoms with Crippen LogP contribution in [0.25, 0.3) is 0 Å². The molecule has 2 heterocycles. The van der Waals surface area contributed by atoms with Crippen molar-refractivity contribution in [2.75, 3.05) is 19.6 Å². The van der Waals surface area contributed by atoms with Gasteiger partial charge in [0.15, 0.2) is 0 Å². The number of nitrogens with zero attached hydrogens (tertiary/aromatic N) is 1. The van der Waals surface area contributed by atoms with E-state index in [2.05, 4.69) is 35.2 Å². The van der Waals surface area contributed by atoms with E-state index in [4.69, 9.17) is 0 Å². The van der Waals surface area contributed by atoms with E-state index in [1.165, 1.54) is 32.5 Å². The third-order valence-corrected chi connectivity index (χ3v) is 3.73. The lowest BCUT2D eigenvalue weighted by atomic mass is 9.78. The molecule has 0 amide bonds. The molecule has 68 valence electrons. The molecule has 3 rings (SSSR count). The highest BCUT2D eigenvalue weighted by Crippen LogP contribution is 2.42. The van der Waals surface area contributed by atoms with Crippen LogP contribution in [0.5, 0.6) is 0 Å². The highest BCUT2D eigenvalue weighted by Gasteiger charge is 2.44. The fourth-order valence-electron chi connectivity index (χ4n) is 2.90. The Balaban J connectivity index is 2.00. The topological polar surface area (TPSA) is 3.24 Å². The number of hydrogen-bond acceptors (Lipinski definition) is 1. The second-order valence-electron chi connectivity index (χ2n) is 4.42. The SMILES string of the molecule is c1ccc(C23CCN(CC2)C3)cc1. The molecule has 2 saturated heterocycles. The zero-order chi connectivity index (χ0) is 8.73. The summed E-state index contributed by atoms with van der Waals surface area (Å²) in [7, 11) is 0. The molecule has 1 aromatic rings. The van der Waals surface area contributed by atoms with Crippen molar-refractivity contribution in [2.24, 2.45) is 0 Å². The number of piperidine rings is 1. The first-order chi connectivity index (χ1) is 6.39. The highest BCUT2D eigenvalue weighted by atomic mass is 15.2. The van der Waals surface area contributed by atoms with E-state index in [9.17, 15) is 0 Å². The zero-order valence-electron chi connectivity index (χ0n) is 7.87. The summed E-state index contributed by atoms with van der Waals surface area (Å²) >= 11 is 0. The van der Waals surface area contributed by atoms with E-state index in [1.54, 1.807) is 5.56 Å². The average Bonchev–Trinajstić information content (AvgIpc) is 2.80. The lowest BCUT2D eigenvalue weighted by Gasteiger charge is -2.25. The van der Waals surface area contributed by atoms with E-state index in [0.717, 1.165) is 0 Å². The third kappa shape index (κ3) is 1.03. The van der Waals surface area contributed by atoms with Crippen molar-refractivity contribution in [2.45, 2.75) is 18.3 Å². The third-order valence-electron chi connectivity index (χ3n) is 3.73. The summed E-state index contributed by atoms with van der Waals surface area (Å²) in [4.78, 5) is 2.59. The molecule has 0 N–H and O–H groups in total. The number of hydrogen-bond donors (Lipinski definition) is 0. The maximum Gasteiger partial charge on any atom is 0.0105 e. The van der Waals surface area contributed by atoms with Crippen LogP contribution >= 0.6 is 0 Å². The minimum Gasteiger partial charge on any atom is -0.302 e. The molecule has 0 aliphatic carbocycles. The first-order valence-corrected chi connectivity index (χ1v) is 5.17. The predicted molar refractivity (Wildman–Crippen MR) is 53.8 cm³/mol. The van der Waals surface area contributed by atoms with Gasteiger partial charge in [-0.25, -0.2) is 0 Å². The Bertz CT molecular complexity index is 296. The lowest BCUT2D eigenvalue weighted by molar-refractivity contribution is 0.364. The van der Waals surface area contributed by atoms with E-state index in [0.29, 0.717) is 5.41 Å². The molecule has 0 saturated carbocycles. The van der Waals surface area contributed by atoms with Crippen molar-refractivity contribution >= 4 is 0 Å². The maximum atomic E-state index is 2.59. The van der Waals surface area contributed by atoms with Crippen molar-refractivity contribution in [1.29, 1.82) is 0 Å². The summed E-state index contributed by atoms with van der Waals surface area (Å²) in [5.74, 6) is 0. The fraction of sp³-hybridized carbons (Fsp3) is 0.500. The van der Waals surface area contributed by atoms with Gasteiger partial charge in [-0.3, -0.25) is 0 Å². The Hall–Kier alpha value is -0.820. The van der Waals surface area contributed by atoms with Crippen molar-refractivity contribution < 1.29 is 0 Å². The van der Waals surface area contributed by atoms with Gasteiger partial charge in [0.05, 0.1) is 0 Å². The van der Waals surface area contributed by atoms with E-state index in [-0.39, 0.29) is 0 Å². The summed E-state index contributed by atoms with van der Waals surface area (Å²) in [6.07, 6.45) is 2.74. The molecule has 0 aromatic heterocycles. The molecule has 0 atom stereocenters. The minimum atomic E-state index is 0.529. The summed E-state index contributed by atoms with van der Waals surface area (Å²) in [6, 6.07) is 11.1. The van der Waals surface area contributed by atoms with Crippen LogP contribution in [0, 0.1) is 0 Å². The summed E-state index contributed by atoms with van der Waals surface area (Å²) in [6.45, 7) is 3.93. The van der Waals surface area contributed by atoms with Crippen molar-refractivity contribution in [3.8, 4) is 0 Å². The molecule has 0 radical (unpaired) electrons. The Labute approximate surface area is 79.4 Å². The molecule has 1 heteroatoms. The Kier molecular flexibility index (Phi) is 1.50. The largest absolute Gasteiger partial charge is 0.302 e. The predicted octanol–water partition coefficient (Wildman–Crippen LogP) is 2.03. The highest BCUT2D eigenvalue weighted by molar-refractivity contribution is 5.29. The molecular weight excluding hydrogens is 158 g/mol. The fourth-order valence-corrected chi connectivity index (χ4v) is 2.90. The van der Waals surface area contributed by atoms with Gasteiger partial charge in [0.1, 0.15) is 0 Å². The van der Waals surface area contributed by atoms with Gasteiger partial charge in [0, 0.05) is 12.0 Å². The molecule has 2 aliphatic heterocycles. The molecular formula is C12H15N. The van der Waals surface area contributed by atoms with Gasteiger partial charge in [0.2, 0.25) is 0 Å². The average molecular weight is 173 g/mol. The van der Waals surface area contributed by atoms with Gasteiger partial charge >= 0.3 is 0 Å². The van der Waals surface area contributed by atoms with Crippen LogP contribution < -0.4 is 0 Å². The molecule has 0 unspecified atom stereocenters. The van der Waals surface area contributed by atoms with Crippen LogP contribution in [0.1, 0.15) is 18.4 Å². The van der Waals surface area contributed by atoms with Gasteiger partial charge in [-0.1, -0.05) is 30.3 Å². The second kappa shape index (κ2) is 2.58. The standard InChI is InChI=1S/C12H15N/c1-2-4-11(5-3-1)12-6-8-13(10-12)9-7-12/h1-5H,6-10H2. The molecule has 13 heavy (non-hydrogen) atoms. The van der Waals surface area contributed by atoms with Gasteiger partial charge in [-0.05, 0) is 31.5 Å². The lowest BCUT2D eigenvalue weighted by Crippen LogP contribution is -2.23. The summed E-state index contributed by atoms with van der Waals surface area (Å²) in [5.41, 5.74) is 2.09. The van der Waals surface area contributed by atoms with Crippen LogP contribution in [0.15, 0.2) is 30.3 Å². The van der Waals surface area contributed by atoms with Gasteiger partial charge < -0.3 is 4.90 Å². The van der Waals surface area contributed by atoms with Crippen LogP contribution in [0.2, 0.25) is 0 Å². The molecule has 2 aliphatic rings. The molecule has 2 bridgehead atoms. The minimum absolute atomic E-state index is 0.529. The van der Waals surface area contributed by atoms with Crippen LogP contribution in [-0.4, -0.2) is 24.5 Å². The Morgan fingerprint density at radius 1 is 1.00 bits per heavy atom. The van der Waals surface area contributed by atoms with E-state index >= 15 is 0 Å². The van der Waals surface area contributed by atoms with E-state index < -0.39 is 0 Å². The molecule has 2 fully saturated rings. The molecule has 1 aromatic carbocycles. The van der Waals surface area contributed by atoms with Crippen LogP contribution in [0.4, 0.5) is 0 Å². The van der Waals surface area contributed by atoms with E-state index in [1.807, 2.05) is 0 Å². The molecule has 1 nitrogen and oxygen atoms in total. The maximum absolute atomic E-state index is 2.59. The van der Waals surface area contributed by atoms with Gasteiger partial charge in [0.25, 0.3) is 0 Å². The number of benzene rings is 1. The quantitative estimate of drug-likeness (QED) is 0.628. The molecule has 0 spiro atoms. The van der Waals surface area contributed by atoms with Crippen molar-refractivity contribution in [3.63, 3.8) is 0 Å². The first-order valence-electron chi connectivity index (χ1n) is 5.17. The summed E-state index contributed by atoms with van der Waals surface area (Å²) in [5, 5.41) is 0. The van der Waals surface area contributed by atoms with Gasteiger partial charge in [-0.15, -0.1) is 0 Å². The Morgan fingerprint density at radius 2 is 1.69 bits per heavy atom. The zero-order valence-corrected chi connectivity index (χ0v) is 7.87. The van der Waals surface area contributed by atoms with Crippen LogP contribution in [-0.2, 0) is 5.41 Å².